The van der Waals surface area contributed by atoms with E-state index in [1.807, 2.05) is 0 Å². The van der Waals surface area contributed by atoms with Crippen LogP contribution in [0.3, 0.4) is 0 Å². The Morgan fingerprint density at radius 1 is 0.944 bits per heavy atom. The average Bonchev–Trinajstić information content (AvgIpc) is 3.28. The van der Waals surface area contributed by atoms with Gasteiger partial charge in [-0.2, -0.15) is 0 Å². The van der Waals surface area contributed by atoms with Crippen molar-refractivity contribution in [2.24, 2.45) is 0 Å². The molecule has 0 aliphatic carbocycles. The van der Waals surface area contributed by atoms with Gasteiger partial charge in [0.25, 0.3) is 11.4 Å². The Morgan fingerprint density at radius 2 is 1.56 bits per heavy atom. The van der Waals surface area contributed by atoms with Crippen LogP contribution in [0.2, 0.25) is 0 Å². The number of benzene rings is 3. The van der Waals surface area contributed by atoms with Crippen LogP contribution in [0.15, 0.2) is 71.6 Å². The van der Waals surface area contributed by atoms with Crippen LogP contribution in [0.1, 0.15) is 0 Å². The number of aromatic nitrogens is 4. The SMILES string of the molecule is COc1cc([N+](=O)[O-])ccc1-[n+]1nc(-c2ccccc2S(=O)(=O)[O-])nn1-c1ccc([N+](=O)[O-])cc1.[Na+]. The molecule has 0 aliphatic heterocycles. The van der Waals surface area contributed by atoms with E-state index in [2.05, 4.69) is 10.2 Å². The van der Waals surface area contributed by atoms with E-state index < -0.39 is 24.9 Å². The maximum atomic E-state index is 11.8. The molecule has 0 fully saturated rings. The summed E-state index contributed by atoms with van der Waals surface area (Å²) in [7, 11) is -3.59. The second kappa shape index (κ2) is 10.5. The van der Waals surface area contributed by atoms with Crippen molar-refractivity contribution in [3.63, 3.8) is 0 Å². The van der Waals surface area contributed by atoms with E-state index in [1.165, 1.54) is 66.5 Å². The maximum absolute atomic E-state index is 11.8. The molecule has 14 nitrogen and oxygen atoms in total. The predicted molar refractivity (Wildman–Crippen MR) is 116 cm³/mol. The molecule has 0 unspecified atom stereocenters. The molecular weight excluding hydrogens is 507 g/mol. The van der Waals surface area contributed by atoms with Crippen molar-refractivity contribution in [3.8, 4) is 28.5 Å². The first-order valence-corrected chi connectivity index (χ1v) is 11.0. The zero-order valence-electron chi connectivity index (χ0n) is 18.7. The molecule has 178 valence electrons. The van der Waals surface area contributed by atoms with Crippen LogP contribution in [-0.2, 0) is 10.1 Å². The molecule has 4 rings (SSSR count). The summed E-state index contributed by atoms with van der Waals surface area (Å²) < 4.78 is 40.7. The second-order valence-electron chi connectivity index (χ2n) is 6.94. The third-order valence-electron chi connectivity index (χ3n) is 4.84. The van der Waals surface area contributed by atoms with Crippen molar-refractivity contribution in [2.75, 3.05) is 7.11 Å². The minimum atomic E-state index is -4.88. The number of tetrazole rings is 1. The minimum absolute atomic E-state index is 0. The van der Waals surface area contributed by atoms with E-state index in [-0.39, 0.29) is 69.4 Å². The summed E-state index contributed by atoms with van der Waals surface area (Å²) >= 11 is 0. The molecule has 0 saturated carbocycles. The standard InChI is InChI=1S/C20H14N6O8S.Na/c1-34-18-12-15(26(29)30)10-11-17(18)24-22-20(16-4-2-3-5-19(16)35(31,32)33)21-23(24)13-6-8-14(9-7-13)25(27)28;/h2-12H,1H3;/q;+1. The quantitative estimate of drug-likeness (QED) is 0.0954. The van der Waals surface area contributed by atoms with Crippen LogP contribution >= 0.6 is 0 Å². The molecule has 0 amide bonds. The number of nitro benzene ring substituents is 2. The molecule has 3 aromatic carbocycles. The normalized spacial score (nSPS) is 10.9. The molecule has 0 aliphatic rings. The van der Waals surface area contributed by atoms with Crippen LogP contribution in [0.25, 0.3) is 22.8 Å². The van der Waals surface area contributed by atoms with Gasteiger partial charge >= 0.3 is 35.4 Å². The van der Waals surface area contributed by atoms with Crippen molar-refractivity contribution in [3.05, 3.63) is 87.0 Å². The van der Waals surface area contributed by atoms with E-state index in [9.17, 15) is 33.2 Å². The minimum Gasteiger partial charge on any atom is -0.744 e. The zero-order chi connectivity index (χ0) is 25.3. The van der Waals surface area contributed by atoms with Gasteiger partial charge in [0.05, 0.1) is 38.6 Å². The smallest absolute Gasteiger partial charge is 0.744 e. The number of nitro groups is 2. The van der Waals surface area contributed by atoms with Crippen LogP contribution in [0.4, 0.5) is 11.4 Å². The van der Waals surface area contributed by atoms with Crippen molar-refractivity contribution in [2.45, 2.75) is 4.90 Å². The van der Waals surface area contributed by atoms with E-state index >= 15 is 0 Å². The van der Waals surface area contributed by atoms with Crippen molar-refractivity contribution >= 4 is 21.5 Å². The van der Waals surface area contributed by atoms with Crippen molar-refractivity contribution < 1.29 is 61.9 Å². The van der Waals surface area contributed by atoms with Gasteiger partial charge in [-0.3, -0.25) is 20.2 Å². The van der Waals surface area contributed by atoms with E-state index in [0.29, 0.717) is 0 Å². The average molecular weight is 521 g/mol. The molecule has 1 heterocycles. The fraction of sp³-hybridized carbons (Fsp3) is 0.0500. The number of hydrogen-bond acceptors (Lipinski definition) is 10. The third kappa shape index (κ3) is 5.24. The molecule has 0 spiro atoms. The Balaban J connectivity index is 0.00000361. The molecule has 0 atom stereocenters. The summed E-state index contributed by atoms with van der Waals surface area (Å²) in [6.07, 6.45) is 0. The first-order valence-electron chi connectivity index (χ1n) is 9.63. The largest absolute Gasteiger partial charge is 1.00 e. The number of non-ortho nitro benzene ring substituents is 2. The molecule has 0 N–H and O–H groups in total. The molecule has 1 aromatic heterocycles. The molecule has 16 heteroatoms. The van der Waals surface area contributed by atoms with Crippen molar-refractivity contribution in [1.82, 2.24) is 15.0 Å². The predicted octanol–water partition coefficient (Wildman–Crippen LogP) is -1.06. The van der Waals surface area contributed by atoms with Crippen molar-refractivity contribution in [1.29, 1.82) is 0 Å². The van der Waals surface area contributed by atoms with Crippen LogP contribution < -0.4 is 39.1 Å². The molecular formula is C20H14N6NaO8S+. The summed E-state index contributed by atoms with van der Waals surface area (Å²) in [4.78, 5) is 22.8. The van der Waals surface area contributed by atoms with Crippen LogP contribution in [-0.4, -0.2) is 44.9 Å². The second-order valence-corrected chi connectivity index (χ2v) is 8.29. The van der Waals surface area contributed by atoms with E-state index in [1.54, 1.807) is 0 Å². The maximum Gasteiger partial charge on any atom is 1.00 e. The first kappa shape index (κ1) is 26.8. The number of nitrogens with zero attached hydrogens (tertiary/aromatic N) is 6. The fourth-order valence-corrected chi connectivity index (χ4v) is 3.91. The number of hydrogen-bond donors (Lipinski definition) is 0. The molecule has 0 radical (unpaired) electrons. The summed E-state index contributed by atoms with van der Waals surface area (Å²) in [6, 6.07) is 14.2. The zero-order valence-corrected chi connectivity index (χ0v) is 21.5. The summed E-state index contributed by atoms with van der Waals surface area (Å²) in [5, 5.41) is 30.9. The van der Waals surface area contributed by atoms with Gasteiger partial charge in [0, 0.05) is 29.1 Å². The molecule has 0 saturated heterocycles. The molecule has 36 heavy (non-hydrogen) atoms. The van der Waals surface area contributed by atoms with Crippen LogP contribution in [0, 0.1) is 20.2 Å². The Labute approximate surface area is 225 Å². The van der Waals surface area contributed by atoms with Gasteiger partial charge in [0.2, 0.25) is 5.69 Å². The first-order chi connectivity index (χ1) is 16.6. The van der Waals surface area contributed by atoms with Gasteiger partial charge in [-0.05, 0) is 34.2 Å². The third-order valence-corrected chi connectivity index (χ3v) is 5.73. The fourth-order valence-electron chi connectivity index (χ4n) is 3.24. The van der Waals surface area contributed by atoms with E-state index in [0.717, 1.165) is 16.9 Å². The number of rotatable bonds is 7. The topological polar surface area (TPSA) is 187 Å². The van der Waals surface area contributed by atoms with Gasteiger partial charge in [-0.15, -0.1) is 0 Å². The van der Waals surface area contributed by atoms with Gasteiger partial charge in [-0.25, -0.2) is 8.42 Å². The van der Waals surface area contributed by atoms with Gasteiger partial charge in [-0.1, -0.05) is 12.1 Å². The van der Waals surface area contributed by atoms with Crippen LogP contribution in [0.5, 0.6) is 5.75 Å². The molecule has 4 aromatic rings. The summed E-state index contributed by atoms with van der Waals surface area (Å²) in [5.74, 6) is -0.130. The molecule has 0 bridgehead atoms. The summed E-state index contributed by atoms with van der Waals surface area (Å²) in [5.41, 5.74) is -0.0698. The van der Waals surface area contributed by atoms with Gasteiger partial charge in [0.15, 0.2) is 5.75 Å². The monoisotopic (exact) mass is 521 g/mol. The van der Waals surface area contributed by atoms with Gasteiger partial charge in [0.1, 0.15) is 15.8 Å². The van der Waals surface area contributed by atoms with E-state index in [4.69, 9.17) is 4.74 Å². The Kier molecular flexibility index (Phi) is 7.80. The Bertz CT molecular complexity index is 1570. The number of ether oxygens (including phenoxy) is 1. The number of methoxy groups -OCH3 is 1. The van der Waals surface area contributed by atoms with Gasteiger partial charge < -0.3 is 9.29 Å². The Morgan fingerprint density at radius 3 is 2.14 bits per heavy atom. The summed E-state index contributed by atoms with van der Waals surface area (Å²) in [6.45, 7) is 0. The Hall–Kier alpha value is -3.76.